The number of aliphatic hydroxyl groups is 1. The fourth-order valence-electron chi connectivity index (χ4n) is 1.38. The third-order valence-corrected chi connectivity index (χ3v) is 2.58. The molecule has 0 bridgehead atoms. The third-order valence-electron chi connectivity index (χ3n) is 2.58. The van der Waals surface area contributed by atoms with Crippen molar-refractivity contribution in [3.8, 4) is 6.07 Å². The third kappa shape index (κ3) is 2.71. The maximum absolute atomic E-state index is 10.2. The molecule has 80 valence electrons. The van der Waals surface area contributed by atoms with E-state index in [9.17, 15) is 5.11 Å². The first-order valence-electron chi connectivity index (χ1n) is 5.07. The summed E-state index contributed by atoms with van der Waals surface area (Å²) in [6, 6.07) is 11.5. The van der Waals surface area contributed by atoms with E-state index >= 15 is 0 Å². The molecule has 0 amide bonds. The van der Waals surface area contributed by atoms with Crippen LogP contribution in [0.3, 0.4) is 0 Å². The Morgan fingerprint density at radius 1 is 1.47 bits per heavy atom. The van der Waals surface area contributed by atoms with Crippen LogP contribution in [0, 0.1) is 17.2 Å². The fourth-order valence-corrected chi connectivity index (χ4v) is 1.38. The molecule has 1 aromatic carbocycles. The second kappa shape index (κ2) is 4.81. The summed E-state index contributed by atoms with van der Waals surface area (Å²) >= 11 is 0. The molecule has 0 aliphatic carbocycles. The second-order valence-electron chi connectivity index (χ2n) is 3.62. The van der Waals surface area contributed by atoms with Crippen LogP contribution in [0.5, 0.6) is 0 Å². The maximum atomic E-state index is 10.2. The number of benzene rings is 1. The van der Waals surface area contributed by atoms with Gasteiger partial charge in [0.15, 0.2) is 5.72 Å². The largest absolute Gasteiger partial charge is 0.370 e. The van der Waals surface area contributed by atoms with Gasteiger partial charge in [-0.3, -0.25) is 0 Å². The molecular formula is C12H16N2O. The van der Waals surface area contributed by atoms with Crippen molar-refractivity contribution in [3.05, 3.63) is 30.3 Å². The molecule has 0 saturated carbocycles. The van der Waals surface area contributed by atoms with Gasteiger partial charge in [0.25, 0.3) is 0 Å². The van der Waals surface area contributed by atoms with E-state index in [-0.39, 0.29) is 0 Å². The zero-order chi connectivity index (χ0) is 11.3. The van der Waals surface area contributed by atoms with Gasteiger partial charge >= 0.3 is 0 Å². The minimum Gasteiger partial charge on any atom is -0.370 e. The Morgan fingerprint density at radius 3 is 2.53 bits per heavy atom. The van der Waals surface area contributed by atoms with Crippen molar-refractivity contribution in [2.24, 2.45) is 5.92 Å². The standard InChI is InChI=1S/C12H16N2O/c1-3-12(15,10(2)9-13)14-11-7-5-4-6-8-11/h4-8,10,14-15H,3H2,1-2H3. The van der Waals surface area contributed by atoms with E-state index in [0.29, 0.717) is 6.42 Å². The average Bonchev–Trinajstić information content (AvgIpc) is 2.29. The van der Waals surface area contributed by atoms with Gasteiger partial charge in [0, 0.05) is 5.69 Å². The highest BCUT2D eigenvalue weighted by atomic mass is 16.3. The van der Waals surface area contributed by atoms with Gasteiger partial charge in [0.2, 0.25) is 0 Å². The summed E-state index contributed by atoms with van der Waals surface area (Å²) < 4.78 is 0. The molecule has 0 saturated heterocycles. The molecule has 2 N–H and O–H groups in total. The van der Waals surface area contributed by atoms with Crippen molar-refractivity contribution < 1.29 is 5.11 Å². The van der Waals surface area contributed by atoms with Gasteiger partial charge in [-0.2, -0.15) is 5.26 Å². The number of nitriles is 1. The van der Waals surface area contributed by atoms with Gasteiger partial charge in [0.1, 0.15) is 0 Å². The SMILES string of the molecule is CCC(O)(Nc1ccccc1)C(C)C#N. The number of nitrogens with one attached hydrogen (secondary N) is 1. The Bertz CT molecular complexity index is 344. The molecule has 0 aliphatic rings. The highest BCUT2D eigenvalue weighted by molar-refractivity contribution is 5.44. The molecule has 0 aromatic heterocycles. The van der Waals surface area contributed by atoms with Crippen molar-refractivity contribution in [3.63, 3.8) is 0 Å². The Labute approximate surface area is 90.4 Å². The summed E-state index contributed by atoms with van der Waals surface area (Å²) in [5.74, 6) is -0.456. The molecule has 0 heterocycles. The van der Waals surface area contributed by atoms with E-state index in [1.165, 1.54) is 0 Å². The van der Waals surface area contributed by atoms with Crippen LogP contribution in [0.1, 0.15) is 20.3 Å². The molecule has 0 aliphatic heterocycles. The molecular weight excluding hydrogens is 188 g/mol. The van der Waals surface area contributed by atoms with Crippen LogP contribution >= 0.6 is 0 Å². The number of rotatable bonds is 4. The van der Waals surface area contributed by atoms with Gasteiger partial charge in [-0.1, -0.05) is 25.1 Å². The molecule has 1 rings (SSSR count). The van der Waals surface area contributed by atoms with Gasteiger partial charge < -0.3 is 10.4 Å². The number of nitrogens with zero attached hydrogens (tertiary/aromatic N) is 1. The van der Waals surface area contributed by atoms with E-state index in [2.05, 4.69) is 11.4 Å². The molecule has 3 heteroatoms. The van der Waals surface area contributed by atoms with E-state index in [1.807, 2.05) is 37.3 Å². The summed E-state index contributed by atoms with van der Waals surface area (Å²) in [7, 11) is 0. The monoisotopic (exact) mass is 204 g/mol. The first-order chi connectivity index (χ1) is 7.12. The second-order valence-corrected chi connectivity index (χ2v) is 3.62. The fraction of sp³-hybridized carbons (Fsp3) is 0.417. The quantitative estimate of drug-likeness (QED) is 0.740. The van der Waals surface area contributed by atoms with Crippen molar-refractivity contribution >= 4 is 5.69 Å². The normalized spacial score (nSPS) is 16.1. The average molecular weight is 204 g/mol. The number of hydrogen-bond acceptors (Lipinski definition) is 3. The van der Waals surface area contributed by atoms with Crippen LogP contribution in [-0.4, -0.2) is 10.8 Å². The Hall–Kier alpha value is -1.53. The number of hydrogen-bond donors (Lipinski definition) is 2. The van der Waals surface area contributed by atoms with E-state index < -0.39 is 11.6 Å². The molecule has 0 fully saturated rings. The van der Waals surface area contributed by atoms with Crippen LogP contribution in [0.15, 0.2) is 30.3 Å². The number of anilines is 1. The molecule has 0 spiro atoms. The van der Waals surface area contributed by atoms with Crippen LogP contribution in [0.4, 0.5) is 5.69 Å². The molecule has 2 atom stereocenters. The first-order valence-corrected chi connectivity index (χ1v) is 5.07. The first kappa shape index (κ1) is 11.5. The van der Waals surface area contributed by atoms with Crippen molar-refractivity contribution in [2.45, 2.75) is 26.0 Å². The Kier molecular flexibility index (Phi) is 3.70. The lowest BCUT2D eigenvalue weighted by atomic mass is 9.96. The zero-order valence-corrected chi connectivity index (χ0v) is 9.07. The van der Waals surface area contributed by atoms with Crippen LogP contribution < -0.4 is 5.32 Å². The van der Waals surface area contributed by atoms with Crippen molar-refractivity contribution in [1.82, 2.24) is 0 Å². The number of para-hydroxylation sites is 1. The van der Waals surface area contributed by atoms with Gasteiger partial charge in [-0.15, -0.1) is 0 Å². The zero-order valence-electron chi connectivity index (χ0n) is 9.07. The lowest BCUT2D eigenvalue weighted by Gasteiger charge is -2.31. The topological polar surface area (TPSA) is 56.0 Å². The summed E-state index contributed by atoms with van der Waals surface area (Å²) in [5.41, 5.74) is -0.334. The van der Waals surface area contributed by atoms with Crippen LogP contribution in [0.2, 0.25) is 0 Å². The minimum atomic E-state index is -1.16. The van der Waals surface area contributed by atoms with Gasteiger partial charge in [-0.05, 0) is 25.5 Å². The minimum absolute atomic E-state index is 0.456. The molecule has 2 unspecified atom stereocenters. The predicted molar refractivity (Wildman–Crippen MR) is 60.1 cm³/mol. The van der Waals surface area contributed by atoms with E-state index in [4.69, 9.17) is 5.26 Å². The predicted octanol–water partition coefficient (Wildman–Crippen LogP) is 2.36. The maximum Gasteiger partial charge on any atom is 0.150 e. The highest BCUT2D eigenvalue weighted by Gasteiger charge is 2.31. The highest BCUT2D eigenvalue weighted by Crippen LogP contribution is 2.23. The lowest BCUT2D eigenvalue weighted by molar-refractivity contribution is 0.0332. The molecule has 3 nitrogen and oxygen atoms in total. The van der Waals surface area contributed by atoms with Crippen LogP contribution in [0.25, 0.3) is 0 Å². The van der Waals surface area contributed by atoms with Crippen molar-refractivity contribution in [2.75, 3.05) is 5.32 Å². The summed E-state index contributed by atoms with van der Waals surface area (Å²) in [4.78, 5) is 0. The molecule has 1 aromatic rings. The van der Waals surface area contributed by atoms with E-state index in [0.717, 1.165) is 5.69 Å². The summed E-state index contributed by atoms with van der Waals surface area (Å²) in [6.07, 6.45) is 0.483. The van der Waals surface area contributed by atoms with E-state index in [1.54, 1.807) is 6.92 Å². The summed E-state index contributed by atoms with van der Waals surface area (Å²) in [5, 5.41) is 22.0. The Balaban J connectivity index is 2.82. The van der Waals surface area contributed by atoms with Gasteiger partial charge in [0.05, 0.1) is 12.0 Å². The summed E-state index contributed by atoms with van der Waals surface area (Å²) in [6.45, 7) is 3.56. The molecule has 15 heavy (non-hydrogen) atoms. The molecule has 0 radical (unpaired) electrons. The Morgan fingerprint density at radius 2 is 2.07 bits per heavy atom. The lowest BCUT2D eigenvalue weighted by Crippen LogP contribution is -2.43. The van der Waals surface area contributed by atoms with Crippen molar-refractivity contribution in [1.29, 1.82) is 5.26 Å². The van der Waals surface area contributed by atoms with Crippen LogP contribution in [-0.2, 0) is 0 Å². The van der Waals surface area contributed by atoms with Gasteiger partial charge in [-0.25, -0.2) is 0 Å². The smallest absolute Gasteiger partial charge is 0.150 e.